The SMILES string of the molecule is CCCNC(=O)c1ccc2c(c1)N=C(c1ccc(Br)cc1)c1ccccc1S2. The Bertz CT molecular complexity index is 1060. The van der Waals surface area contributed by atoms with Gasteiger partial charge in [-0.1, -0.05) is 64.9 Å². The average Bonchev–Trinajstić information content (AvgIpc) is 2.88. The summed E-state index contributed by atoms with van der Waals surface area (Å²) in [5, 5.41) is 2.94. The fraction of sp³-hybridized carbons (Fsp3) is 0.130. The Morgan fingerprint density at radius 1 is 1.04 bits per heavy atom. The van der Waals surface area contributed by atoms with Crippen LogP contribution in [0.15, 0.2) is 86.0 Å². The van der Waals surface area contributed by atoms with E-state index in [2.05, 4.69) is 45.5 Å². The Morgan fingerprint density at radius 3 is 2.61 bits per heavy atom. The molecule has 0 atom stereocenters. The van der Waals surface area contributed by atoms with E-state index >= 15 is 0 Å². The van der Waals surface area contributed by atoms with Crippen molar-refractivity contribution < 1.29 is 4.79 Å². The number of nitrogens with one attached hydrogen (secondary N) is 1. The van der Waals surface area contributed by atoms with Crippen LogP contribution in [0.3, 0.4) is 0 Å². The second kappa shape index (κ2) is 8.33. The largest absolute Gasteiger partial charge is 0.352 e. The molecule has 1 aliphatic rings. The highest BCUT2D eigenvalue weighted by molar-refractivity contribution is 9.10. The van der Waals surface area contributed by atoms with Crippen LogP contribution < -0.4 is 5.32 Å². The van der Waals surface area contributed by atoms with Crippen LogP contribution in [0.4, 0.5) is 5.69 Å². The van der Waals surface area contributed by atoms with Gasteiger partial charge in [0.2, 0.25) is 0 Å². The number of benzene rings is 3. The number of carbonyl (C=O) groups excluding carboxylic acids is 1. The van der Waals surface area contributed by atoms with Crippen molar-refractivity contribution >= 4 is 45.0 Å². The van der Waals surface area contributed by atoms with Crippen molar-refractivity contribution in [3.8, 4) is 0 Å². The maximum absolute atomic E-state index is 12.4. The highest BCUT2D eigenvalue weighted by atomic mass is 79.9. The topological polar surface area (TPSA) is 41.5 Å². The molecular formula is C23H19BrN2OS. The molecule has 0 saturated heterocycles. The van der Waals surface area contributed by atoms with Crippen molar-refractivity contribution in [2.75, 3.05) is 6.54 Å². The predicted molar refractivity (Wildman–Crippen MR) is 119 cm³/mol. The number of carbonyl (C=O) groups is 1. The van der Waals surface area contributed by atoms with Gasteiger partial charge in [0.25, 0.3) is 5.91 Å². The number of nitrogens with zero attached hydrogens (tertiary/aromatic N) is 1. The third-order valence-electron chi connectivity index (χ3n) is 4.47. The van der Waals surface area contributed by atoms with Crippen molar-refractivity contribution in [1.29, 1.82) is 0 Å². The molecule has 1 amide bonds. The van der Waals surface area contributed by atoms with Crippen molar-refractivity contribution in [1.82, 2.24) is 5.32 Å². The van der Waals surface area contributed by atoms with E-state index in [9.17, 15) is 4.79 Å². The molecule has 0 radical (unpaired) electrons. The van der Waals surface area contributed by atoms with Crippen LogP contribution in [0, 0.1) is 0 Å². The highest BCUT2D eigenvalue weighted by Crippen LogP contribution is 2.41. The molecule has 0 unspecified atom stereocenters. The van der Waals surface area contributed by atoms with E-state index < -0.39 is 0 Å². The first-order valence-corrected chi connectivity index (χ1v) is 10.8. The fourth-order valence-corrected chi connectivity index (χ4v) is 4.32. The summed E-state index contributed by atoms with van der Waals surface area (Å²) < 4.78 is 1.03. The van der Waals surface area contributed by atoms with Crippen LogP contribution in [0.2, 0.25) is 0 Å². The summed E-state index contributed by atoms with van der Waals surface area (Å²) in [6.07, 6.45) is 0.910. The second-order valence-corrected chi connectivity index (χ2v) is 8.50. The number of amides is 1. The lowest BCUT2D eigenvalue weighted by Crippen LogP contribution is -2.23. The maximum atomic E-state index is 12.4. The van der Waals surface area contributed by atoms with E-state index in [1.54, 1.807) is 11.8 Å². The number of aliphatic imine (C=N–C) groups is 1. The lowest BCUT2D eigenvalue weighted by molar-refractivity contribution is 0.0953. The van der Waals surface area contributed by atoms with Gasteiger partial charge in [0.1, 0.15) is 0 Å². The Kier molecular flexibility index (Phi) is 5.64. The van der Waals surface area contributed by atoms with Gasteiger partial charge in [-0.3, -0.25) is 4.79 Å². The van der Waals surface area contributed by atoms with E-state index in [1.807, 2.05) is 49.4 Å². The van der Waals surface area contributed by atoms with Crippen LogP contribution in [0.5, 0.6) is 0 Å². The Balaban J connectivity index is 1.84. The third-order valence-corrected chi connectivity index (χ3v) is 6.14. The average molecular weight is 451 g/mol. The number of hydrogen-bond acceptors (Lipinski definition) is 3. The summed E-state index contributed by atoms with van der Waals surface area (Å²) in [5.41, 5.74) is 4.52. The van der Waals surface area contributed by atoms with E-state index in [4.69, 9.17) is 4.99 Å². The van der Waals surface area contributed by atoms with E-state index in [0.717, 1.165) is 43.2 Å². The van der Waals surface area contributed by atoms with Crippen molar-refractivity contribution in [3.63, 3.8) is 0 Å². The maximum Gasteiger partial charge on any atom is 0.251 e. The van der Waals surface area contributed by atoms with Gasteiger partial charge in [-0.25, -0.2) is 4.99 Å². The van der Waals surface area contributed by atoms with Crippen molar-refractivity contribution in [2.24, 2.45) is 4.99 Å². The Hall–Kier alpha value is -2.37. The molecule has 0 bridgehead atoms. The molecule has 1 N–H and O–H groups in total. The number of rotatable bonds is 4. The lowest BCUT2D eigenvalue weighted by atomic mass is 10.0. The molecule has 4 rings (SSSR count). The first kappa shape index (κ1) is 19.0. The molecule has 1 aliphatic heterocycles. The van der Waals surface area contributed by atoms with E-state index in [0.29, 0.717) is 12.1 Å². The molecule has 0 fully saturated rings. The number of halogens is 1. The molecule has 3 aromatic rings. The first-order valence-electron chi connectivity index (χ1n) is 9.20. The molecule has 3 aromatic carbocycles. The quantitative estimate of drug-likeness (QED) is 0.400. The highest BCUT2D eigenvalue weighted by Gasteiger charge is 2.19. The third kappa shape index (κ3) is 3.91. The molecule has 140 valence electrons. The molecule has 0 spiro atoms. The summed E-state index contributed by atoms with van der Waals surface area (Å²) in [6, 6.07) is 22.2. The fourth-order valence-electron chi connectivity index (χ4n) is 3.05. The van der Waals surface area contributed by atoms with Gasteiger partial charge in [0.15, 0.2) is 0 Å². The van der Waals surface area contributed by atoms with Gasteiger partial charge in [0.05, 0.1) is 11.4 Å². The van der Waals surface area contributed by atoms with E-state index in [-0.39, 0.29) is 5.91 Å². The molecule has 28 heavy (non-hydrogen) atoms. The van der Waals surface area contributed by atoms with Gasteiger partial charge >= 0.3 is 0 Å². The normalized spacial score (nSPS) is 12.4. The summed E-state index contributed by atoms with van der Waals surface area (Å²) in [5.74, 6) is -0.0585. The zero-order valence-corrected chi connectivity index (χ0v) is 17.8. The number of fused-ring (bicyclic) bond motifs is 2. The lowest BCUT2D eigenvalue weighted by Gasteiger charge is -2.09. The van der Waals surface area contributed by atoms with Crippen LogP contribution in [-0.4, -0.2) is 18.2 Å². The Morgan fingerprint density at radius 2 is 1.82 bits per heavy atom. The van der Waals surface area contributed by atoms with Crippen LogP contribution in [0.25, 0.3) is 0 Å². The van der Waals surface area contributed by atoms with Crippen molar-refractivity contribution in [2.45, 2.75) is 23.1 Å². The molecule has 0 saturated carbocycles. The summed E-state index contributed by atoms with van der Waals surface area (Å²) in [4.78, 5) is 19.6. The van der Waals surface area contributed by atoms with E-state index in [1.165, 1.54) is 0 Å². The van der Waals surface area contributed by atoms with Gasteiger partial charge < -0.3 is 5.32 Å². The Labute approximate surface area is 177 Å². The molecule has 0 aliphatic carbocycles. The van der Waals surface area contributed by atoms with Crippen LogP contribution in [0.1, 0.15) is 34.8 Å². The second-order valence-electron chi connectivity index (χ2n) is 6.50. The monoisotopic (exact) mass is 450 g/mol. The smallest absolute Gasteiger partial charge is 0.251 e. The zero-order valence-electron chi connectivity index (χ0n) is 15.4. The first-order chi connectivity index (χ1) is 13.7. The molecule has 5 heteroatoms. The van der Waals surface area contributed by atoms with Gasteiger partial charge in [-0.15, -0.1) is 0 Å². The molecular weight excluding hydrogens is 432 g/mol. The van der Waals surface area contributed by atoms with Crippen LogP contribution in [-0.2, 0) is 0 Å². The van der Waals surface area contributed by atoms with Gasteiger partial charge in [0, 0.05) is 37.5 Å². The molecule has 1 heterocycles. The minimum atomic E-state index is -0.0585. The predicted octanol–water partition coefficient (Wildman–Crippen LogP) is 6.22. The van der Waals surface area contributed by atoms with Gasteiger partial charge in [-0.2, -0.15) is 0 Å². The summed E-state index contributed by atoms with van der Waals surface area (Å²) in [6.45, 7) is 2.71. The minimum absolute atomic E-state index is 0.0585. The molecule has 3 nitrogen and oxygen atoms in total. The minimum Gasteiger partial charge on any atom is -0.352 e. The zero-order chi connectivity index (χ0) is 19.5. The standard InChI is InChI=1S/C23H19BrN2OS/c1-2-13-25-23(27)16-9-12-21-19(14-16)26-22(15-7-10-17(24)11-8-15)18-5-3-4-6-20(18)28-21/h3-12,14H,2,13H2,1H3,(H,25,27). The van der Waals surface area contributed by atoms with Gasteiger partial charge in [-0.05, 0) is 42.8 Å². The van der Waals surface area contributed by atoms with Crippen LogP contribution >= 0.6 is 27.7 Å². The summed E-state index contributed by atoms with van der Waals surface area (Å²) in [7, 11) is 0. The number of hydrogen-bond donors (Lipinski definition) is 1. The summed E-state index contributed by atoms with van der Waals surface area (Å²) >= 11 is 5.19. The molecule has 0 aromatic heterocycles. The van der Waals surface area contributed by atoms with Crippen molar-refractivity contribution in [3.05, 3.63) is 87.9 Å².